The zero-order valence-corrected chi connectivity index (χ0v) is 10.9. The van der Waals surface area contributed by atoms with E-state index in [2.05, 4.69) is 17.6 Å². The van der Waals surface area contributed by atoms with Gasteiger partial charge in [0.2, 0.25) is 0 Å². The molecule has 0 radical (unpaired) electrons. The summed E-state index contributed by atoms with van der Waals surface area (Å²) in [4.78, 5) is 0. The van der Waals surface area contributed by atoms with Crippen molar-refractivity contribution in [1.29, 1.82) is 0 Å². The average Bonchev–Trinajstić information content (AvgIpc) is 2.69. The van der Waals surface area contributed by atoms with E-state index < -0.39 is 5.60 Å². The third kappa shape index (κ3) is 2.25. The Morgan fingerprint density at radius 2 is 1.88 bits per heavy atom. The van der Waals surface area contributed by atoms with Crippen molar-refractivity contribution in [1.82, 2.24) is 10.6 Å². The fourth-order valence-electron chi connectivity index (χ4n) is 4.22. The Kier molecular flexibility index (Phi) is 3.18. The summed E-state index contributed by atoms with van der Waals surface area (Å²) in [5, 5.41) is 18.2. The number of rotatable bonds is 2. The van der Waals surface area contributed by atoms with Gasteiger partial charge in [0, 0.05) is 18.1 Å². The quantitative estimate of drug-likeness (QED) is 0.681. The molecule has 0 spiro atoms. The van der Waals surface area contributed by atoms with E-state index in [0.29, 0.717) is 18.1 Å². The Labute approximate surface area is 104 Å². The maximum atomic E-state index is 11.0. The second-order valence-corrected chi connectivity index (χ2v) is 6.46. The van der Waals surface area contributed by atoms with Crippen molar-refractivity contribution in [3.8, 4) is 0 Å². The van der Waals surface area contributed by atoms with Gasteiger partial charge in [0.15, 0.2) is 0 Å². The van der Waals surface area contributed by atoms with Gasteiger partial charge in [-0.2, -0.15) is 0 Å². The number of aliphatic hydroxyl groups is 1. The average molecular weight is 238 g/mol. The highest BCUT2D eigenvalue weighted by atomic mass is 16.3. The Hall–Kier alpha value is -0.120. The van der Waals surface area contributed by atoms with Crippen LogP contribution in [0.5, 0.6) is 0 Å². The third-order valence-electron chi connectivity index (χ3n) is 5.27. The Morgan fingerprint density at radius 1 is 1.18 bits per heavy atom. The first kappa shape index (κ1) is 11.9. The molecule has 3 fully saturated rings. The minimum absolute atomic E-state index is 0.339. The first-order valence-corrected chi connectivity index (χ1v) is 7.41. The summed E-state index contributed by atoms with van der Waals surface area (Å²) >= 11 is 0. The van der Waals surface area contributed by atoms with Crippen LogP contribution in [0, 0.1) is 5.92 Å². The van der Waals surface area contributed by atoms with Crippen LogP contribution >= 0.6 is 0 Å². The second-order valence-electron chi connectivity index (χ2n) is 6.46. The molecule has 3 aliphatic rings. The highest BCUT2D eigenvalue weighted by Crippen LogP contribution is 2.39. The maximum absolute atomic E-state index is 11.0. The summed E-state index contributed by atoms with van der Waals surface area (Å²) in [6, 6.07) is 1.48. The lowest BCUT2D eigenvalue weighted by Gasteiger charge is -2.46. The Bertz CT molecular complexity index is 269. The van der Waals surface area contributed by atoms with Gasteiger partial charge in [-0.15, -0.1) is 0 Å². The first-order valence-electron chi connectivity index (χ1n) is 7.41. The van der Waals surface area contributed by atoms with Gasteiger partial charge in [-0.05, 0) is 51.0 Å². The molecule has 3 rings (SSSR count). The number of piperidine rings is 2. The van der Waals surface area contributed by atoms with E-state index in [1.54, 1.807) is 0 Å². The van der Waals surface area contributed by atoms with Crippen LogP contribution in [0.3, 0.4) is 0 Å². The highest BCUT2D eigenvalue weighted by molar-refractivity contribution is 5.06. The van der Waals surface area contributed by atoms with Gasteiger partial charge in [-0.1, -0.05) is 13.3 Å². The van der Waals surface area contributed by atoms with E-state index in [4.69, 9.17) is 0 Å². The fourth-order valence-corrected chi connectivity index (χ4v) is 4.22. The van der Waals surface area contributed by atoms with Crippen LogP contribution in [-0.4, -0.2) is 35.4 Å². The van der Waals surface area contributed by atoms with Gasteiger partial charge in [0.05, 0.1) is 5.60 Å². The van der Waals surface area contributed by atoms with Gasteiger partial charge >= 0.3 is 0 Å². The molecule has 3 heterocycles. The molecule has 0 aliphatic carbocycles. The van der Waals surface area contributed by atoms with E-state index in [1.807, 2.05) is 0 Å². The maximum Gasteiger partial charge on any atom is 0.0829 e. The molecule has 4 unspecified atom stereocenters. The van der Waals surface area contributed by atoms with E-state index in [-0.39, 0.29) is 0 Å². The van der Waals surface area contributed by atoms with Crippen molar-refractivity contribution < 1.29 is 5.11 Å². The zero-order valence-electron chi connectivity index (χ0n) is 10.9. The lowest BCUT2D eigenvalue weighted by atomic mass is 9.75. The standard InChI is InChI=1S/C14H26N2O/c1-2-10-5-6-15-13(7-10)14(17)8-11-3-4-12(9-14)16-11/h10-13,15-17H,2-9H2,1H3. The first-order chi connectivity index (χ1) is 8.19. The summed E-state index contributed by atoms with van der Waals surface area (Å²) in [5.41, 5.74) is -0.440. The third-order valence-corrected chi connectivity index (χ3v) is 5.27. The molecule has 3 saturated heterocycles. The molecule has 0 aromatic rings. The number of hydrogen-bond donors (Lipinski definition) is 3. The predicted octanol–water partition coefficient (Wildman–Crippen LogP) is 1.41. The van der Waals surface area contributed by atoms with Crippen molar-refractivity contribution in [2.24, 2.45) is 5.92 Å². The molecule has 4 atom stereocenters. The SMILES string of the molecule is CCC1CCNC(C2(O)CC3CCC(C2)N3)C1. The van der Waals surface area contributed by atoms with Gasteiger partial charge in [-0.25, -0.2) is 0 Å². The van der Waals surface area contributed by atoms with Gasteiger partial charge in [0.25, 0.3) is 0 Å². The Balaban J connectivity index is 1.69. The molecule has 0 saturated carbocycles. The van der Waals surface area contributed by atoms with Crippen molar-refractivity contribution in [3.63, 3.8) is 0 Å². The number of fused-ring (bicyclic) bond motifs is 2. The molecule has 3 heteroatoms. The fraction of sp³-hybridized carbons (Fsp3) is 1.00. The Morgan fingerprint density at radius 3 is 2.53 bits per heavy atom. The number of nitrogens with one attached hydrogen (secondary N) is 2. The van der Waals surface area contributed by atoms with E-state index in [1.165, 1.54) is 32.1 Å². The summed E-state index contributed by atoms with van der Waals surface area (Å²) in [7, 11) is 0. The molecular weight excluding hydrogens is 212 g/mol. The van der Waals surface area contributed by atoms with Crippen LogP contribution in [0.4, 0.5) is 0 Å². The molecule has 98 valence electrons. The zero-order chi connectivity index (χ0) is 11.9. The van der Waals surface area contributed by atoms with Crippen molar-refractivity contribution in [2.45, 2.75) is 75.6 Å². The van der Waals surface area contributed by atoms with Crippen LogP contribution in [-0.2, 0) is 0 Å². The highest BCUT2D eigenvalue weighted by Gasteiger charge is 2.47. The van der Waals surface area contributed by atoms with Crippen LogP contribution in [0.1, 0.15) is 51.9 Å². The molecule has 2 bridgehead atoms. The molecule has 0 amide bonds. The summed E-state index contributed by atoms with van der Waals surface area (Å²) in [6.07, 6.45) is 8.16. The monoisotopic (exact) mass is 238 g/mol. The molecule has 3 N–H and O–H groups in total. The molecular formula is C14H26N2O. The van der Waals surface area contributed by atoms with Crippen molar-refractivity contribution >= 4 is 0 Å². The van der Waals surface area contributed by atoms with Crippen LogP contribution in [0.25, 0.3) is 0 Å². The van der Waals surface area contributed by atoms with E-state index >= 15 is 0 Å². The molecule has 3 nitrogen and oxygen atoms in total. The topological polar surface area (TPSA) is 44.3 Å². The van der Waals surface area contributed by atoms with Crippen molar-refractivity contribution in [2.75, 3.05) is 6.54 Å². The van der Waals surface area contributed by atoms with Gasteiger partial charge in [-0.3, -0.25) is 0 Å². The van der Waals surface area contributed by atoms with E-state index in [9.17, 15) is 5.11 Å². The smallest absolute Gasteiger partial charge is 0.0829 e. The van der Waals surface area contributed by atoms with Gasteiger partial charge in [0.1, 0.15) is 0 Å². The predicted molar refractivity (Wildman–Crippen MR) is 68.9 cm³/mol. The number of hydrogen-bond acceptors (Lipinski definition) is 3. The summed E-state index contributed by atoms with van der Waals surface area (Å²) in [6.45, 7) is 3.37. The van der Waals surface area contributed by atoms with Crippen LogP contribution in [0.15, 0.2) is 0 Å². The minimum atomic E-state index is -0.440. The van der Waals surface area contributed by atoms with Crippen LogP contribution < -0.4 is 10.6 Å². The molecule has 0 aromatic carbocycles. The normalized spacial score (nSPS) is 50.5. The summed E-state index contributed by atoms with van der Waals surface area (Å²) < 4.78 is 0. The second kappa shape index (κ2) is 4.52. The van der Waals surface area contributed by atoms with Gasteiger partial charge < -0.3 is 15.7 Å². The lowest BCUT2D eigenvalue weighted by molar-refractivity contribution is -0.0517. The van der Waals surface area contributed by atoms with Crippen molar-refractivity contribution in [3.05, 3.63) is 0 Å². The summed E-state index contributed by atoms with van der Waals surface area (Å²) in [5.74, 6) is 0.817. The van der Waals surface area contributed by atoms with Crippen LogP contribution in [0.2, 0.25) is 0 Å². The largest absolute Gasteiger partial charge is 0.388 e. The van der Waals surface area contributed by atoms with E-state index in [0.717, 1.165) is 25.3 Å². The molecule has 0 aromatic heterocycles. The molecule has 3 aliphatic heterocycles. The lowest BCUT2D eigenvalue weighted by Crippen LogP contribution is -2.60. The minimum Gasteiger partial charge on any atom is -0.388 e. The molecule has 17 heavy (non-hydrogen) atoms.